The van der Waals surface area contributed by atoms with Crippen LogP contribution >= 0.6 is 11.8 Å². The fourth-order valence-corrected chi connectivity index (χ4v) is 2.92. The summed E-state index contributed by atoms with van der Waals surface area (Å²) in [5, 5.41) is 3.40. The van der Waals surface area contributed by atoms with E-state index in [-0.39, 0.29) is 0 Å². The second kappa shape index (κ2) is 5.12. The molecule has 1 aromatic rings. The molecule has 4 nitrogen and oxygen atoms in total. The first-order valence-electron chi connectivity index (χ1n) is 5.86. The summed E-state index contributed by atoms with van der Waals surface area (Å²) in [6.45, 7) is 2.84. The van der Waals surface area contributed by atoms with Gasteiger partial charge >= 0.3 is 0 Å². The maximum absolute atomic E-state index is 5.14. The Balaban J connectivity index is 2.01. The molecule has 0 aliphatic heterocycles. The lowest BCUT2D eigenvalue weighted by Gasteiger charge is -2.40. The topological polar surface area (TPSA) is 47.0 Å². The van der Waals surface area contributed by atoms with E-state index in [0.29, 0.717) is 10.6 Å². The molecule has 5 heteroatoms. The van der Waals surface area contributed by atoms with Gasteiger partial charge in [-0.05, 0) is 26.0 Å². The summed E-state index contributed by atoms with van der Waals surface area (Å²) >= 11 is 1.96. The Labute approximate surface area is 107 Å². The molecule has 1 aromatic heterocycles. The fourth-order valence-electron chi connectivity index (χ4n) is 2.01. The van der Waals surface area contributed by atoms with Crippen LogP contribution in [0.5, 0.6) is 5.88 Å². The highest BCUT2D eigenvalue weighted by Crippen LogP contribution is 2.42. The van der Waals surface area contributed by atoms with Crippen molar-refractivity contribution in [3.8, 4) is 5.88 Å². The highest BCUT2D eigenvalue weighted by molar-refractivity contribution is 8.00. The van der Waals surface area contributed by atoms with Gasteiger partial charge in [0.1, 0.15) is 11.6 Å². The van der Waals surface area contributed by atoms with Gasteiger partial charge < -0.3 is 10.1 Å². The van der Waals surface area contributed by atoms with Crippen LogP contribution < -0.4 is 10.1 Å². The molecule has 0 saturated heterocycles. The number of aryl methyl sites for hydroxylation is 1. The second-order valence-electron chi connectivity index (χ2n) is 4.44. The summed E-state index contributed by atoms with van der Waals surface area (Å²) < 4.78 is 5.55. The van der Waals surface area contributed by atoms with E-state index in [2.05, 4.69) is 21.5 Å². The van der Waals surface area contributed by atoms with Crippen LogP contribution in [0.25, 0.3) is 0 Å². The van der Waals surface area contributed by atoms with E-state index in [1.807, 2.05) is 24.8 Å². The molecule has 17 heavy (non-hydrogen) atoms. The molecule has 0 aromatic carbocycles. The predicted molar refractivity (Wildman–Crippen MR) is 71.9 cm³/mol. The number of methoxy groups -OCH3 is 1. The zero-order valence-electron chi connectivity index (χ0n) is 10.6. The normalized spacial score (nSPS) is 17.4. The number of anilines is 1. The number of thioether (sulfide) groups is 1. The third-order valence-corrected chi connectivity index (χ3v) is 4.73. The van der Waals surface area contributed by atoms with Crippen LogP contribution in [-0.2, 0) is 0 Å². The summed E-state index contributed by atoms with van der Waals surface area (Å²) in [6, 6.07) is 1.85. The number of hydrogen-bond donors (Lipinski definition) is 1. The zero-order chi connectivity index (χ0) is 12.3. The van der Waals surface area contributed by atoms with Gasteiger partial charge in [-0.15, -0.1) is 0 Å². The quantitative estimate of drug-likeness (QED) is 0.873. The Bertz CT molecular complexity index is 388. The lowest BCUT2D eigenvalue weighted by Crippen LogP contribution is -2.40. The second-order valence-corrected chi connectivity index (χ2v) is 5.71. The van der Waals surface area contributed by atoms with Gasteiger partial charge in [-0.25, -0.2) is 4.98 Å². The van der Waals surface area contributed by atoms with Crippen LogP contribution in [0.1, 0.15) is 25.1 Å². The zero-order valence-corrected chi connectivity index (χ0v) is 11.4. The summed E-state index contributed by atoms with van der Waals surface area (Å²) in [5.41, 5.74) is 0. The summed E-state index contributed by atoms with van der Waals surface area (Å²) in [5.74, 6) is 2.21. The lowest BCUT2D eigenvalue weighted by molar-refractivity contribution is 0.379. The maximum atomic E-state index is 5.14. The average Bonchev–Trinajstić information content (AvgIpc) is 2.27. The molecule has 0 radical (unpaired) electrons. The summed E-state index contributed by atoms with van der Waals surface area (Å²) in [4.78, 5) is 8.54. The van der Waals surface area contributed by atoms with E-state index in [9.17, 15) is 0 Å². The number of ether oxygens (including phenoxy) is 1. The minimum absolute atomic E-state index is 0.409. The average molecular weight is 253 g/mol. The van der Waals surface area contributed by atoms with E-state index in [1.54, 1.807) is 7.11 Å². The van der Waals surface area contributed by atoms with Gasteiger partial charge in [0.05, 0.1) is 7.11 Å². The minimum atomic E-state index is 0.409. The number of nitrogens with zero attached hydrogens (tertiary/aromatic N) is 2. The van der Waals surface area contributed by atoms with Crippen molar-refractivity contribution in [2.45, 2.75) is 30.9 Å². The standard InChI is InChI=1S/C12H19N3OS/c1-9-14-10(7-11(15-9)16-2)13-8-12(17-3)5-4-6-12/h7H,4-6,8H2,1-3H3,(H,13,14,15). The summed E-state index contributed by atoms with van der Waals surface area (Å²) in [6.07, 6.45) is 6.12. The SMILES string of the molecule is COc1cc(NCC2(SC)CCC2)nc(C)n1. The van der Waals surface area contributed by atoms with Gasteiger partial charge in [-0.3, -0.25) is 0 Å². The van der Waals surface area contributed by atoms with Crippen molar-refractivity contribution in [1.82, 2.24) is 9.97 Å². The van der Waals surface area contributed by atoms with Crippen LogP contribution in [0.15, 0.2) is 6.07 Å². The first-order chi connectivity index (χ1) is 8.17. The maximum Gasteiger partial charge on any atom is 0.218 e. The third kappa shape index (κ3) is 2.83. The van der Waals surface area contributed by atoms with Gasteiger partial charge in [0.25, 0.3) is 0 Å². The van der Waals surface area contributed by atoms with Gasteiger partial charge in [0.2, 0.25) is 5.88 Å². The Morgan fingerprint density at radius 2 is 2.24 bits per heavy atom. The van der Waals surface area contributed by atoms with E-state index in [4.69, 9.17) is 4.74 Å². The molecule has 0 amide bonds. The first kappa shape index (κ1) is 12.5. The van der Waals surface area contributed by atoms with Gasteiger partial charge in [0.15, 0.2) is 0 Å². The molecule has 2 rings (SSSR count). The predicted octanol–water partition coefficient (Wildman–Crippen LogP) is 2.49. The van der Waals surface area contributed by atoms with E-state index < -0.39 is 0 Å². The van der Waals surface area contributed by atoms with Crippen molar-refractivity contribution < 1.29 is 4.74 Å². The molecular weight excluding hydrogens is 234 g/mol. The highest BCUT2D eigenvalue weighted by Gasteiger charge is 2.35. The molecule has 94 valence electrons. The van der Waals surface area contributed by atoms with Crippen LogP contribution in [0.4, 0.5) is 5.82 Å². The molecule has 0 bridgehead atoms. The molecule has 1 heterocycles. The van der Waals surface area contributed by atoms with E-state index >= 15 is 0 Å². The van der Waals surface area contributed by atoms with Crippen LogP contribution in [0.2, 0.25) is 0 Å². The van der Waals surface area contributed by atoms with Crippen molar-refractivity contribution in [2.75, 3.05) is 25.2 Å². The van der Waals surface area contributed by atoms with E-state index in [1.165, 1.54) is 19.3 Å². The number of rotatable bonds is 5. The molecule has 1 saturated carbocycles. The molecule has 1 N–H and O–H groups in total. The first-order valence-corrected chi connectivity index (χ1v) is 7.09. The monoisotopic (exact) mass is 253 g/mol. The fraction of sp³-hybridized carbons (Fsp3) is 0.667. The van der Waals surface area contributed by atoms with Crippen molar-refractivity contribution in [3.63, 3.8) is 0 Å². The molecule has 0 atom stereocenters. The largest absolute Gasteiger partial charge is 0.481 e. The molecule has 1 aliphatic carbocycles. The molecule has 0 spiro atoms. The molecule has 1 fully saturated rings. The minimum Gasteiger partial charge on any atom is -0.481 e. The Hall–Kier alpha value is -0.970. The Morgan fingerprint density at radius 1 is 1.47 bits per heavy atom. The Morgan fingerprint density at radius 3 is 2.76 bits per heavy atom. The van der Waals surface area contributed by atoms with Crippen molar-refractivity contribution >= 4 is 17.6 Å². The van der Waals surface area contributed by atoms with Gasteiger partial charge in [-0.1, -0.05) is 6.42 Å². The highest BCUT2D eigenvalue weighted by atomic mass is 32.2. The van der Waals surface area contributed by atoms with Gasteiger partial charge in [-0.2, -0.15) is 16.7 Å². The van der Waals surface area contributed by atoms with Crippen LogP contribution in [-0.4, -0.2) is 34.6 Å². The Kier molecular flexibility index (Phi) is 3.76. The molecular formula is C12H19N3OS. The van der Waals surface area contributed by atoms with Crippen molar-refractivity contribution in [1.29, 1.82) is 0 Å². The smallest absolute Gasteiger partial charge is 0.218 e. The number of hydrogen-bond acceptors (Lipinski definition) is 5. The molecule has 0 unspecified atom stereocenters. The van der Waals surface area contributed by atoms with E-state index in [0.717, 1.165) is 18.2 Å². The summed E-state index contributed by atoms with van der Waals surface area (Å²) in [7, 11) is 1.63. The lowest BCUT2D eigenvalue weighted by atomic mass is 9.84. The van der Waals surface area contributed by atoms with Crippen LogP contribution in [0.3, 0.4) is 0 Å². The van der Waals surface area contributed by atoms with Crippen molar-refractivity contribution in [3.05, 3.63) is 11.9 Å². The molecule has 1 aliphatic rings. The third-order valence-electron chi connectivity index (χ3n) is 3.31. The van der Waals surface area contributed by atoms with Gasteiger partial charge in [0, 0.05) is 17.4 Å². The number of aromatic nitrogens is 2. The number of nitrogens with one attached hydrogen (secondary N) is 1. The van der Waals surface area contributed by atoms with Crippen molar-refractivity contribution in [2.24, 2.45) is 0 Å². The van der Waals surface area contributed by atoms with Crippen LogP contribution in [0, 0.1) is 6.92 Å².